The maximum atomic E-state index is 12.3. The van der Waals surface area contributed by atoms with Crippen LogP contribution in [-0.2, 0) is 14.3 Å². The molecular formula is C15H25N3O3. The third-order valence-corrected chi connectivity index (χ3v) is 3.24. The molecule has 0 atom stereocenters. The van der Waals surface area contributed by atoms with Crippen molar-refractivity contribution in [1.82, 2.24) is 4.90 Å². The minimum Gasteiger partial charge on any atom is -0.399 e. The van der Waals surface area contributed by atoms with E-state index in [-0.39, 0.29) is 5.91 Å². The molecule has 0 heterocycles. The Balaban J connectivity index is 2.59. The first-order valence-electron chi connectivity index (χ1n) is 6.90. The van der Waals surface area contributed by atoms with Crippen LogP contribution in [0.5, 0.6) is 0 Å². The van der Waals surface area contributed by atoms with Gasteiger partial charge >= 0.3 is 0 Å². The van der Waals surface area contributed by atoms with Gasteiger partial charge in [-0.3, -0.25) is 9.69 Å². The molecule has 0 saturated carbocycles. The molecule has 1 rings (SSSR count). The molecule has 6 nitrogen and oxygen atoms in total. The molecule has 1 aromatic carbocycles. The zero-order valence-corrected chi connectivity index (χ0v) is 13.0. The summed E-state index contributed by atoms with van der Waals surface area (Å²) in [5.74, 6) is 0.0203. The Labute approximate surface area is 126 Å². The molecule has 0 unspecified atom stereocenters. The molecule has 0 aliphatic rings. The standard InChI is InChI=1S/C15H25N3O3/c1-17(14-6-4-13(16)5-7-14)15(19)12-18(8-10-20-2)9-11-21-3/h4-7H,8-12,16H2,1-3H3. The monoisotopic (exact) mass is 295 g/mol. The number of hydrogen-bond acceptors (Lipinski definition) is 5. The molecule has 118 valence electrons. The van der Waals surface area contributed by atoms with Crippen molar-refractivity contribution in [3.05, 3.63) is 24.3 Å². The van der Waals surface area contributed by atoms with E-state index in [9.17, 15) is 4.79 Å². The molecule has 1 aromatic rings. The average molecular weight is 295 g/mol. The molecule has 0 bridgehead atoms. The van der Waals surface area contributed by atoms with Gasteiger partial charge in [0.25, 0.3) is 0 Å². The number of hydrogen-bond donors (Lipinski definition) is 1. The van der Waals surface area contributed by atoms with Gasteiger partial charge in [0.05, 0.1) is 19.8 Å². The van der Waals surface area contributed by atoms with Crippen LogP contribution in [0.15, 0.2) is 24.3 Å². The molecule has 0 aromatic heterocycles. The Hall–Kier alpha value is -1.63. The smallest absolute Gasteiger partial charge is 0.240 e. The number of nitrogens with two attached hydrogens (primary N) is 1. The van der Waals surface area contributed by atoms with Gasteiger partial charge in [0.2, 0.25) is 5.91 Å². The normalized spacial score (nSPS) is 10.9. The number of benzene rings is 1. The first-order chi connectivity index (χ1) is 10.1. The second-order valence-corrected chi connectivity index (χ2v) is 4.81. The lowest BCUT2D eigenvalue weighted by Gasteiger charge is -2.24. The Kier molecular flexibility index (Phi) is 7.74. The van der Waals surface area contributed by atoms with Gasteiger partial charge < -0.3 is 20.1 Å². The van der Waals surface area contributed by atoms with Crippen LogP contribution in [0.1, 0.15) is 0 Å². The van der Waals surface area contributed by atoms with Crippen LogP contribution in [-0.4, -0.2) is 64.9 Å². The van der Waals surface area contributed by atoms with Gasteiger partial charge in [0.1, 0.15) is 0 Å². The van der Waals surface area contributed by atoms with E-state index in [1.807, 2.05) is 17.0 Å². The second kappa shape index (κ2) is 9.33. The van der Waals surface area contributed by atoms with Gasteiger partial charge in [-0.15, -0.1) is 0 Å². The second-order valence-electron chi connectivity index (χ2n) is 4.81. The van der Waals surface area contributed by atoms with Crippen molar-refractivity contribution in [2.75, 3.05) is 64.7 Å². The Morgan fingerprint density at radius 3 is 2.10 bits per heavy atom. The largest absolute Gasteiger partial charge is 0.399 e. The van der Waals surface area contributed by atoms with E-state index in [2.05, 4.69) is 0 Å². The molecule has 6 heteroatoms. The number of methoxy groups -OCH3 is 2. The zero-order chi connectivity index (χ0) is 15.7. The number of rotatable bonds is 9. The molecule has 21 heavy (non-hydrogen) atoms. The number of ether oxygens (including phenoxy) is 2. The zero-order valence-electron chi connectivity index (χ0n) is 13.0. The molecule has 1 amide bonds. The predicted octanol–water partition coefficient (Wildman–Crippen LogP) is 0.826. The van der Waals surface area contributed by atoms with Gasteiger partial charge in [-0.25, -0.2) is 0 Å². The summed E-state index contributed by atoms with van der Waals surface area (Å²) in [7, 11) is 5.06. The van der Waals surface area contributed by atoms with Crippen molar-refractivity contribution < 1.29 is 14.3 Å². The highest BCUT2D eigenvalue weighted by atomic mass is 16.5. The summed E-state index contributed by atoms with van der Waals surface area (Å²) in [6.07, 6.45) is 0. The number of nitrogen functional groups attached to an aromatic ring is 1. The van der Waals surface area contributed by atoms with Crippen LogP contribution >= 0.6 is 0 Å². The fourth-order valence-electron chi connectivity index (χ4n) is 1.85. The number of carbonyl (C=O) groups is 1. The molecule has 0 spiro atoms. The molecule has 0 fully saturated rings. The fraction of sp³-hybridized carbons (Fsp3) is 0.533. The van der Waals surface area contributed by atoms with E-state index in [4.69, 9.17) is 15.2 Å². The quantitative estimate of drug-likeness (QED) is 0.683. The lowest BCUT2D eigenvalue weighted by atomic mass is 10.2. The molecule has 0 radical (unpaired) electrons. The van der Waals surface area contributed by atoms with Crippen LogP contribution in [0.4, 0.5) is 11.4 Å². The van der Waals surface area contributed by atoms with Crippen molar-refractivity contribution in [2.24, 2.45) is 0 Å². The Morgan fingerprint density at radius 1 is 1.10 bits per heavy atom. The van der Waals surface area contributed by atoms with Crippen LogP contribution in [0.3, 0.4) is 0 Å². The summed E-state index contributed by atoms with van der Waals surface area (Å²) in [5.41, 5.74) is 7.16. The minimum absolute atomic E-state index is 0.0203. The van der Waals surface area contributed by atoms with Gasteiger partial charge in [0, 0.05) is 45.7 Å². The lowest BCUT2D eigenvalue weighted by molar-refractivity contribution is -0.119. The highest BCUT2D eigenvalue weighted by Crippen LogP contribution is 2.15. The summed E-state index contributed by atoms with van der Waals surface area (Å²) >= 11 is 0. The summed E-state index contributed by atoms with van der Waals surface area (Å²) < 4.78 is 10.1. The maximum absolute atomic E-state index is 12.3. The van der Waals surface area contributed by atoms with Gasteiger partial charge in [-0.2, -0.15) is 0 Å². The van der Waals surface area contributed by atoms with E-state index >= 15 is 0 Å². The molecule has 0 aliphatic carbocycles. The van der Waals surface area contributed by atoms with Crippen molar-refractivity contribution >= 4 is 17.3 Å². The third-order valence-electron chi connectivity index (χ3n) is 3.24. The highest BCUT2D eigenvalue weighted by molar-refractivity contribution is 5.94. The third kappa shape index (κ3) is 6.12. The number of nitrogens with zero attached hydrogens (tertiary/aromatic N) is 2. The summed E-state index contributed by atoms with van der Waals surface area (Å²) in [6, 6.07) is 7.24. The first kappa shape index (κ1) is 17.4. The number of anilines is 2. The molecular weight excluding hydrogens is 270 g/mol. The van der Waals surface area contributed by atoms with E-state index in [1.54, 1.807) is 38.3 Å². The topological polar surface area (TPSA) is 68.0 Å². The molecule has 2 N–H and O–H groups in total. The summed E-state index contributed by atoms with van der Waals surface area (Å²) in [4.78, 5) is 16.0. The first-order valence-corrected chi connectivity index (χ1v) is 6.90. The maximum Gasteiger partial charge on any atom is 0.240 e. The fourth-order valence-corrected chi connectivity index (χ4v) is 1.85. The molecule has 0 saturated heterocycles. The number of likely N-dealkylation sites (N-methyl/N-ethyl adjacent to an activating group) is 1. The van der Waals surface area contributed by atoms with Crippen molar-refractivity contribution in [3.8, 4) is 0 Å². The Bertz CT molecular complexity index is 415. The van der Waals surface area contributed by atoms with Crippen molar-refractivity contribution in [3.63, 3.8) is 0 Å². The summed E-state index contributed by atoms with van der Waals surface area (Å²) in [6.45, 7) is 2.89. The minimum atomic E-state index is 0.0203. The Morgan fingerprint density at radius 2 is 1.62 bits per heavy atom. The van der Waals surface area contributed by atoms with E-state index in [0.717, 1.165) is 5.69 Å². The lowest BCUT2D eigenvalue weighted by Crippen LogP contribution is -2.41. The van der Waals surface area contributed by atoms with Gasteiger partial charge in [-0.05, 0) is 24.3 Å². The van der Waals surface area contributed by atoms with Gasteiger partial charge in [0.15, 0.2) is 0 Å². The van der Waals surface area contributed by atoms with Crippen molar-refractivity contribution in [2.45, 2.75) is 0 Å². The summed E-state index contributed by atoms with van der Waals surface area (Å²) in [5, 5.41) is 0. The number of amides is 1. The van der Waals surface area contributed by atoms with Crippen LogP contribution in [0, 0.1) is 0 Å². The predicted molar refractivity (Wildman–Crippen MR) is 84.5 cm³/mol. The van der Waals surface area contributed by atoms with Gasteiger partial charge in [-0.1, -0.05) is 0 Å². The number of carbonyl (C=O) groups excluding carboxylic acids is 1. The van der Waals surface area contributed by atoms with Crippen LogP contribution in [0.25, 0.3) is 0 Å². The molecule has 0 aliphatic heterocycles. The van der Waals surface area contributed by atoms with E-state index < -0.39 is 0 Å². The highest BCUT2D eigenvalue weighted by Gasteiger charge is 2.15. The van der Waals surface area contributed by atoms with Crippen LogP contribution < -0.4 is 10.6 Å². The van der Waals surface area contributed by atoms with E-state index in [0.29, 0.717) is 38.5 Å². The van der Waals surface area contributed by atoms with Crippen molar-refractivity contribution in [1.29, 1.82) is 0 Å². The average Bonchev–Trinajstić information content (AvgIpc) is 2.49. The SMILES string of the molecule is COCCN(CCOC)CC(=O)N(C)c1ccc(N)cc1. The van der Waals surface area contributed by atoms with E-state index in [1.165, 1.54) is 0 Å². The van der Waals surface area contributed by atoms with Crippen LogP contribution in [0.2, 0.25) is 0 Å².